The Kier molecular flexibility index (Phi) is 7.81. The summed E-state index contributed by atoms with van der Waals surface area (Å²) < 4.78 is 52.5. The number of hydrogen-bond acceptors (Lipinski definition) is 5. The molecule has 0 aliphatic carbocycles. The fraction of sp³-hybridized carbons (Fsp3) is 0.708. The van der Waals surface area contributed by atoms with Crippen molar-refractivity contribution >= 4 is 18.7 Å². The molecule has 1 aromatic carbocycles. The highest BCUT2D eigenvalue weighted by Gasteiger charge is 2.52. The van der Waals surface area contributed by atoms with Gasteiger partial charge in [-0.15, -0.1) is 0 Å². The average Bonchev–Trinajstić information content (AvgIpc) is 2.81. The van der Waals surface area contributed by atoms with Crippen molar-refractivity contribution in [3.63, 3.8) is 0 Å². The van der Waals surface area contributed by atoms with Gasteiger partial charge >= 0.3 is 13.2 Å². The molecule has 1 heterocycles. The van der Waals surface area contributed by atoms with Crippen LogP contribution in [-0.4, -0.2) is 42.2 Å². The zero-order valence-corrected chi connectivity index (χ0v) is 21.5. The first-order valence-corrected chi connectivity index (χ1v) is 11.3. The van der Waals surface area contributed by atoms with Crippen LogP contribution in [0.2, 0.25) is 0 Å². The van der Waals surface area contributed by atoms with Gasteiger partial charge in [0.25, 0.3) is 0 Å². The third-order valence-corrected chi connectivity index (χ3v) is 5.79. The smallest absolute Gasteiger partial charge is 0.488 e. The average molecular weight is 469 g/mol. The molecule has 9 heteroatoms. The molecule has 186 valence electrons. The molecule has 0 spiro atoms. The molecule has 33 heavy (non-hydrogen) atoms. The van der Waals surface area contributed by atoms with Gasteiger partial charge in [0, 0.05) is 5.46 Å². The monoisotopic (exact) mass is 469 g/mol. The summed E-state index contributed by atoms with van der Waals surface area (Å²) in [6, 6.07) is 2.75. The van der Waals surface area contributed by atoms with Crippen molar-refractivity contribution in [2.45, 2.75) is 98.0 Å². The van der Waals surface area contributed by atoms with E-state index in [0.717, 1.165) is 0 Å². The summed E-state index contributed by atoms with van der Waals surface area (Å²) in [5.74, 6) is -2.27. The van der Waals surface area contributed by atoms with E-state index in [1.165, 1.54) is 12.1 Å². The van der Waals surface area contributed by atoms with Crippen LogP contribution in [0.4, 0.5) is 13.6 Å². The first kappa shape index (κ1) is 27.4. The summed E-state index contributed by atoms with van der Waals surface area (Å²) in [7, 11) is -1.03. The van der Waals surface area contributed by atoms with E-state index >= 15 is 0 Å². The summed E-state index contributed by atoms with van der Waals surface area (Å²) in [5.41, 5.74) is -2.91. The molecule has 0 saturated carbocycles. The molecule has 1 aromatic rings. The number of carbonyl (C=O) groups excluding carboxylic acids is 1. The van der Waals surface area contributed by atoms with Gasteiger partial charge in [0.2, 0.25) is 0 Å². The molecule has 0 bridgehead atoms. The highest BCUT2D eigenvalue weighted by atomic mass is 19.2. The summed E-state index contributed by atoms with van der Waals surface area (Å²) in [4.78, 5) is 12.3. The van der Waals surface area contributed by atoms with Gasteiger partial charge in [-0.25, -0.2) is 9.18 Å². The Hall–Kier alpha value is -1.87. The van der Waals surface area contributed by atoms with Crippen molar-refractivity contribution in [2.75, 3.05) is 6.61 Å². The maximum Gasteiger partial charge on any atom is 0.497 e. The zero-order valence-electron chi connectivity index (χ0n) is 21.5. The second-order valence-electron chi connectivity index (χ2n) is 11.4. The van der Waals surface area contributed by atoms with Crippen LogP contribution in [0.1, 0.15) is 75.7 Å². The van der Waals surface area contributed by atoms with Gasteiger partial charge in [0.15, 0.2) is 17.4 Å². The van der Waals surface area contributed by atoms with Crippen LogP contribution in [0, 0.1) is 17.6 Å². The second-order valence-corrected chi connectivity index (χ2v) is 11.4. The van der Waals surface area contributed by atoms with Crippen LogP contribution in [0.25, 0.3) is 0 Å². The minimum atomic E-state index is -1.13. The largest absolute Gasteiger partial charge is 0.497 e. The van der Waals surface area contributed by atoms with Crippen molar-refractivity contribution in [3.8, 4) is 5.75 Å². The van der Waals surface area contributed by atoms with Gasteiger partial charge in [-0.1, -0.05) is 19.9 Å². The minimum absolute atomic E-state index is 0.0321. The standard InChI is InChI=1S/C24H38BF2NO5/c1-15(2)13-24(10,28-20(29)31-21(3,4)5)14-30-17-12-11-16(18(26)19(17)27)25-32-22(6,7)23(8,9)33-25/h11-12,15H,13-14H2,1-10H3,(H,28,29)/t24-/m0/s1. The lowest BCUT2D eigenvalue weighted by molar-refractivity contribution is 0.00578. The third-order valence-electron chi connectivity index (χ3n) is 5.79. The van der Waals surface area contributed by atoms with E-state index in [9.17, 15) is 13.6 Å². The number of benzene rings is 1. The Labute approximate surface area is 196 Å². The van der Waals surface area contributed by atoms with Crippen molar-refractivity contribution in [1.29, 1.82) is 0 Å². The Morgan fingerprint density at radius 3 is 2.09 bits per heavy atom. The molecular weight excluding hydrogens is 431 g/mol. The van der Waals surface area contributed by atoms with E-state index in [0.29, 0.717) is 6.42 Å². The molecule has 1 amide bonds. The van der Waals surface area contributed by atoms with Crippen molar-refractivity contribution in [3.05, 3.63) is 23.8 Å². The van der Waals surface area contributed by atoms with E-state index < -0.39 is 47.2 Å². The molecule has 1 aliphatic heterocycles. The quantitative estimate of drug-likeness (QED) is 0.572. The number of carbonyl (C=O) groups is 1. The molecule has 1 aliphatic rings. The Bertz CT molecular complexity index is 853. The topological polar surface area (TPSA) is 66.0 Å². The van der Waals surface area contributed by atoms with E-state index in [4.69, 9.17) is 18.8 Å². The predicted octanol–water partition coefficient (Wildman–Crippen LogP) is 4.97. The van der Waals surface area contributed by atoms with Crippen LogP contribution in [0.5, 0.6) is 5.75 Å². The predicted molar refractivity (Wildman–Crippen MR) is 125 cm³/mol. The molecule has 0 aromatic heterocycles. The van der Waals surface area contributed by atoms with Crippen LogP contribution in [0.3, 0.4) is 0 Å². The minimum Gasteiger partial charge on any atom is -0.488 e. The summed E-state index contributed by atoms with van der Waals surface area (Å²) >= 11 is 0. The van der Waals surface area contributed by atoms with Gasteiger partial charge < -0.3 is 24.1 Å². The maximum atomic E-state index is 14.9. The lowest BCUT2D eigenvalue weighted by Crippen LogP contribution is -2.52. The number of nitrogens with one attached hydrogen (secondary N) is 1. The molecule has 0 unspecified atom stereocenters. The lowest BCUT2D eigenvalue weighted by Gasteiger charge is -2.33. The fourth-order valence-electron chi connectivity index (χ4n) is 3.64. The first-order valence-electron chi connectivity index (χ1n) is 11.3. The molecule has 1 saturated heterocycles. The number of alkyl carbamates (subject to hydrolysis) is 1. The summed E-state index contributed by atoms with van der Waals surface area (Å²) in [6.45, 7) is 18.4. The number of amides is 1. The number of rotatable bonds is 7. The first-order chi connectivity index (χ1) is 14.9. The van der Waals surface area contributed by atoms with Gasteiger partial charge in [-0.05, 0) is 73.8 Å². The molecule has 1 N–H and O–H groups in total. The maximum absolute atomic E-state index is 14.9. The second kappa shape index (κ2) is 9.41. The van der Waals surface area contributed by atoms with E-state index in [-0.39, 0.29) is 23.7 Å². The van der Waals surface area contributed by atoms with E-state index in [2.05, 4.69) is 5.32 Å². The number of ether oxygens (including phenoxy) is 2. The van der Waals surface area contributed by atoms with Gasteiger partial charge in [0.1, 0.15) is 12.2 Å². The third kappa shape index (κ3) is 6.82. The Morgan fingerprint density at radius 2 is 1.61 bits per heavy atom. The van der Waals surface area contributed by atoms with Gasteiger partial charge in [0.05, 0.1) is 16.7 Å². The highest BCUT2D eigenvalue weighted by Crippen LogP contribution is 2.37. The van der Waals surface area contributed by atoms with Crippen molar-refractivity contribution < 1.29 is 32.4 Å². The normalized spacial score (nSPS) is 19.4. The van der Waals surface area contributed by atoms with Crippen molar-refractivity contribution in [1.82, 2.24) is 5.32 Å². The molecule has 1 fully saturated rings. The highest BCUT2D eigenvalue weighted by molar-refractivity contribution is 6.62. The Balaban J connectivity index is 2.18. The molecular formula is C24H38BF2NO5. The van der Waals surface area contributed by atoms with Crippen LogP contribution in [0.15, 0.2) is 12.1 Å². The summed E-state index contributed by atoms with van der Waals surface area (Å²) in [5, 5.41) is 2.82. The molecule has 2 rings (SSSR count). The van der Waals surface area contributed by atoms with Crippen LogP contribution >= 0.6 is 0 Å². The van der Waals surface area contributed by atoms with Crippen LogP contribution < -0.4 is 15.5 Å². The van der Waals surface area contributed by atoms with Gasteiger partial charge in [-0.2, -0.15) is 4.39 Å². The number of hydrogen-bond donors (Lipinski definition) is 1. The SMILES string of the molecule is CC(C)C[C@@](C)(COc1ccc(B2OC(C)(C)C(C)(C)O2)c(F)c1F)NC(=O)OC(C)(C)C. The zero-order chi connectivity index (χ0) is 25.4. The molecule has 6 nitrogen and oxygen atoms in total. The molecule has 1 atom stereocenters. The fourth-order valence-corrected chi connectivity index (χ4v) is 3.64. The van der Waals surface area contributed by atoms with Crippen LogP contribution in [-0.2, 0) is 14.0 Å². The van der Waals surface area contributed by atoms with E-state index in [1.54, 1.807) is 27.7 Å². The lowest BCUT2D eigenvalue weighted by atomic mass is 9.78. The summed E-state index contributed by atoms with van der Waals surface area (Å²) in [6.07, 6.45) is -0.0560. The Morgan fingerprint density at radius 1 is 1.06 bits per heavy atom. The number of halogens is 2. The molecule has 0 radical (unpaired) electrons. The van der Waals surface area contributed by atoms with E-state index in [1.807, 2.05) is 41.5 Å². The van der Waals surface area contributed by atoms with Crippen molar-refractivity contribution in [2.24, 2.45) is 5.92 Å². The van der Waals surface area contributed by atoms with Gasteiger partial charge in [-0.3, -0.25) is 0 Å².